The maximum atomic E-state index is 12.4. The minimum absolute atomic E-state index is 0.156. The van der Waals surface area contributed by atoms with Gasteiger partial charge in [-0.15, -0.1) is 0 Å². The summed E-state index contributed by atoms with van der Waals surface area (Å²) >= 11 is 0. The van der Waals surface area contributed by atoms with Crippen LogP contribution in [0.5, 0.6) is 0 Å². The lowest BCUT2D eigenvalue weighted by Crippen LogP contribution is -2.51. The second kappa shape index (κ2) is 6.20. The highest BCUT2D eigenvalue weighted by Crippen LogP contribution is 2.22. The van der Waals surface area contributed by atoms with Crippen LogP contribution in [0.15, 0.2) is 0 Å². The lowest BCUT2D eigenvalue weighted by atomic mass is 10.2. The molecule has 2 aliphatic rings. The Hall–Kier alpha value is -1.69. The molecule has 1 aromatic heterocycles. The minimum Gasteiger partial charge on any atom is -0.368 e. The van der Waals surface area contributed by atoms with Gasteiger partial charge in [-0.05, 0) is 33.6 Å². The molecule has 22 heavy (non-hydrogen) atoms. The largest absolute Gasteiger partial charge is 0.368 e. The van der Waals surface area contributed by atoms with E-state index in [4.69, 9.17) is 4.74 Å². The molecule has 2 aliphatic heterocycles. The van der Waals surface area contributed by atoms with Gasteiger partial charge >= 0.3 is 0 Å². The lowest BCUT2D eigenvalue weighted by Gasteiger charge is -2.37. The van der Waals surface area contributed by atoms with Crippen molar-refractivity contribution >= 4 is 11.7 Å². The Balaban J connectivity index is 1.65. The summed E-state index contributed by atoms with van der Waals surface area (Å²) in [6.07, 6.45) is 1.65. The number of carbonyl (C=O) groups excluding carboxylic acids is 1. The molecule has 0 bridgehead atoms. The third-order valence-corrected chi connectivity index (χ3v) is 4.57. The van der Waals surface area contributed by atoms with Crippen LogP contribution in [-0.2, 0) is 9.53 Å². The Morgan fingerprint density at radius 3 is 2.50 bits per heavy atom. The number of hydrogen-bond acceptors (Lipinski definition) is 5. The number of hydrogen-bond donors (Lipinski definition) is 0. The molecule has 2 saturated heterocycles. The Labute approximate surface area is 131 Å². The van der Waals surface area contributed by atoms with Gasteiger partial charge in [-0.3, -0.25) is 4.79 Å². The van der Waals surface area contributed by atoms with Crippen molar-refractivity contribution in [2.24, 2.45) is 0 Å². The van der Waals surface area contributed by atoms with E-state index in [1.54, 1.807) is 0 Å². The molecule has 2 fully saturated rings. The number of piperazine rings is 1. The fourth-order valence-electron chi connectivity index (χ4n) is 3.17. The molecular formula is C16H24N4O2. The molecule has 1 aromatic rings. The highest BCUT2D eigenvalue weighted by Gasteiger charge is 2.30. The van der Waals surface area contributed by atoms with Gasteiger partial charge in [-0.1, -0.05) is 0 Å². The summed E-state index contributed by atoms with van der Waals surface area (Å²) in [5.74, 6) is 1.97. The first kappa shape index (κ1) is 15.2. The highest BCUT2D eigenvalue weighted by atomic mass is 16.5. The van der Waals surface area contributed by atoms with E-state index < -0.39 is 0 Å². The van der Waals surface area contributed by atoms with E-state index in [0.717, 1.165) is 68.5 Å². The molecule has 1 atom stereocenters. The molecule has 0 saturated carbocycles. The van der Waals surface area contributed by atoms with Crippen LogP contribution >= 0.6 is 0 Å². The van der Waals surface area contributed by atoms with E-state index in [1.807, 2.05) is 18.7 Å². The van der Waals surface area contributed by atoms with Crippen LogP contribution in [0.3, 0.4) is 0 Å². The summed E-state index contributed by atoms with van der Waals surface area (Å²) in [4.78, 5) is 25.6. The summed E-state index contributed by atoms with van der Waals surface area (Å²) in [6, 6.07) is 0. The Morgan fingerprint density at radius 2 is 1.86 bits per heavy atom. The molecule has 3 heterocycles. The summed E-state index contributed by atoms with van der Waals surface area (Å²) in [6.45, 7) is 9.83. The zero-order valence-corrected chi connectivity index (χ0v) is 13.6. The van der Waals surface area contributed by atoms with Crippen LogP contribution < -0.4 is 4.90 Å². The molecule has 0 N–H and O–H groups in total. The average Bonchev–Trinajstić information content (AvgIpc) is 3.05. The Kier molecular flexibility index (Phi) is 4.29. The molecule has 0 aliphatic carbocycles. The predicted octanol–water partition coefficient (Wildman–Crippen LogP) is 1.23. The SMILES string of the molecule is Cc1nc(C)c(C)c(N2CCN(C(=O)C3CCCO3)CC2)n1. The Morgan fingerprint density at radius 1 is 1.14 bits per heavy atom. The van der Waals surface area contributed by atoms with Gasteiger partial charge in [0.25, 0.3) is 5.91 Å². The number of aryl methyl sites for hydroxylation is 2. The third kappa shape index (κ3) is 2.92. The second-order valence-electron chi connectivity index (χ2n) is 6.12. The predicted molar refractivity (Wildman–Crippen MR) is 84.0 cm³/mol. The van der Waals surface area contributed by atoms with E-state index in [2.05, 4.69) is 21.8 Å². The molecule has 0 spiro atoms. The summed E-state index contributed by atoms with van der Waals surface area (Å²) in [7, 11) is 0. The maximum Gasteiger partial charge on any atom is 0.251 e. The van der Waals surface area contributed by atoms with Crippen molar-refractivity contribution < 1.29 is 9.53 Å². The van der Waals surface area contributed by atoms with Crippen LogP contribution in [0.2, 0.25) is 0 Å². The first-order valence-electron chi connectivity index (χ1n) is 8.03. The van der Waals surface area contributed by atoms with Gasteiger partial charge in [0.2, 0.25) is 0 Å². The summed E-state index contributed by atoms with van der Waals surface area (Å²) in [5, 5.41) is 0. The van der Waals surface area contributed by atoms with Gasteiger partial charge in [0.1, 0.15) is 17.7 Å². The van der Waals surface area contributed by atoms with Gasteiger partial charge < -0.3 is 14.5 Å². The molecule has 0 radical (unpaired) electrons. The first-order valence-corrected chi connectivity index (χ1v) is 8.03. The van der Waals surface area contributed by atoms with Crippen molar-refractivity contribution in [2.75, 3.05) is 37.7 Å². The van der Waals surface area contributed by atoms with Gasteiger partial charge in [0, 0.05) is 44.0 Å². The quantitative estimate of drug-likeness (QED) is 0.822. The monoisotopic (exact) mass is 304 g/mol. The number of carbonyl (C=O) groups is 1. The van der Waals surface area contributed by atoms with Crippen LogP contribution in [0.4, 0.5) is 5.82 Å². The van der Waals surface area contributed by atoms with Crippen LogP contribution in [-0.4, -0.2) is 59.7 Å². The number of ether oxygens (including phenoxy) is 1. The number of rotatable bonds is 2. The van der Waals surface area contributed by atoms with E-state index >= 15 is 0 Å². The number of aromatic nitrogens is 2. The molecule has 0 aromatic carbocycles. The second-order valence-corrected chi connectivity index (χ2v) is 6.12. The standard InChI is InChI=1S/C16H24N4O2/c1-11-12(2)17-13(3)18-15(11)19-6-8-20(9-7-19)16(21)14-5-4-10-22-14/h14H,4-10H2,1-3H3. The van der Waals surface area contributed by atoms with E-state index in [0.29, 0.717) is 0 Å². The zero-order valence-electron chi connectivity index (χ0n) is 13.6. The molecule has 6 nitrogen and oxygen atoms in total. The lowest BCUT2D eigenvalue weighted by molar-refractivity contribution is -0.141. The number of amides is 1. The fourth-order valence-corrected chi connectivity index (χ4v) is 3.17. The van der Waals surface area contributed by atoms with Gasteiger partial charge in [0.15, 0.2) is 0 Å². The van der Waals surface area contributed by atoms with Crippen molar-refractivity contribution in [1.29, 1.82) is 0 Å². The minimum atomic E-state index is -0.211. The molecular weight excluding hydrogens is 280 g/mol. The average molecular weight is 304 g/mol. The Bertz CT molecular complexity index is 562. The highest BCUT2D eigenvalue weighted by molar-refractivity contribution is 5.81. The zero-order chi connectivity index (χ0) is 15.7. The van der Waals surface area contributed by atoms with E-state index in [1.165, 1.54) is 0 Å². The topological polar surface area (TPSA) is 58.6 Å². The van der Waals surface area contributed by atoms with Crippen molar-refractivity contribution in [3.63, 3.8) is 0 Å². The molecule has 6 heteroatoms. The molecule has 1 unspecified atom stereocenters. The van der Waals surface area contributed by atoms with Crippen LogP contribution in [0.1, 0.15) is 29.9 Å². The number of nitrogens with zero attached hydrogens (tertiary/aromatic N) is 4. The van der Waals surface area contributed by atoms with Crippen molar-refractivity contribution in [2.45, 2.75) is 39.7 Å². The third-order valence-electron chi connectivity index (χ3n) is 4.57. The normalized spacial score (nSPS) is 22.2. The van der Waals surface area contributed by atoms with Crippen molar-refractivity contribution in [1.82, 2.24) is 14.9 Å². The van der Waals surface area contributed by atoms with Gasteiger partial charge in [-0.2, -0.15) is 0 Å². The summed E-state index contributed by atoms with van der Waals surface area (Å²) in [5.41, 5.74) is 2.16. The fraction of sp³-hybridized carbons (Fsp3) is 0.688. The smallest absolute Gasteiger partial charge is 0.251 e. The van der Waals surface area contributed by atoms with E-state index in [9.17, 15) is 4.79 Å². The van der Waals surface area contributed by atoms with Crippen LogP contribution in [0.25, 0.3) is 0 Å². The first-order chi connectivity index (χ1) is 10.6. The van der Waals surface area contributed by atoms with E-state index in [-0.39, 0.29) is 12.0 Å². The van der Waals surface area contributed by atoms with Gasteiger partial charge in [0.05, 0.1) is 0 Å². The summed E-state index contributed by atoms with van der Waals surface area (Å²) < 4.78 is 5.50. The number of anilines is 1. The molecule has 3 rings (SSSR count). The van der Waals surface area contributed by atoms with Crippen molar-refractivity contribution in [3.8, 4) is 0 Å². The molecule has 1 amide bonds. The molecule has 120 valence electrons. The van der Waals surface area contributed by atoms with Gasteiger partial charge in [-0.25, -0.2) is 9.97 Å². The van der Waals surface area contributed by atoms with Crippen molar-refractivity contribution in [3.05, 3.63) is 17.1 Å². The van der Waals surface area contributed by atoms with Crippen LogP contribution in [0, 0.1) is 20.8 Å². The maximum absolute atomic E-state index is 12.4.